The summed E-state index contributed by atoms with van der Waals surface area (Å²) in [6.45, 7) is 6.39. The van der Waals surface area contributed by atoms with Crippen molar-refractivity contribution in [3.8, 4) is 11.5 Å². The Labute approximate surface area is 182 Å². The van der Waals surface area contributed by atoms with Gasteiger partial charge in [-0.1, -0.05) is 19.9 Å². The molecule has 6 nitrogen and oxygen atoms in total. The van der Waals surface area contributed by atoms with Gasteiger partial charge in [0.1, 0.15) is 16.5 Å². The summed E-state index contributed by atoms with van der Waals surface area (Å²) in [7, 11) is 3.42. The molecule has 0 aliphatic carbocycles. The van der Waals surface area contributed by atoms with Crippen molar-refractivity contribution >= 4 is 41.3 Å². The van der Waals surface area contributed by atoms with Crippen LogP contribution in [0.5, 0.6) is 11.5 Å². The van der Waals surface area contributed by atoms with Gasteiger partial charge < -0.3 is 20.1 Å². The second-order valence-electron chi connectivity index (χ2n) is 6.05. The topological polar surface area (TPSA) is 67.8 Å². The molecule has 0 amide bonds. The first kappa shape index (κ1) is 23.5. The van der Waals surface area contributed by atoms with Crippen molar-refractivity contribution in [1.82, 2.24) is 15.6 Å². The van der Waals surface area contributed by atoms with Gasteiger partial charge in [0.2, 0.25) is 0 Å². The quantitative estimate of drug-likeness (QED) is 0.234. The summed E-state index contributed by atoms with van der Waals surface area (Å²) in [5, 5.41) is 9.77. The first-order valence-electron chi connectivity index (χ1n) is 8.78. The lowest BCUT2D eigenvalue weighted by Crippen LogP contribution is -2.37. The molecule has 1 aromatic heterocycles. The molecule has 1 heterocycles. The average molecular weight is 504 g/mol. The van der Waals surface area contributed by atoms with Gasteiger partial charge in [0.05, 0.1) is 26.0 Å². The Morgan fingerprint density at radius 3 is 2.70 bits per heavy atom. The van der Waals surface area contributed by atoms with Crippen molar-refractivity contribution in [3.05, 3.63) is 40.3 Å². The van der Waals surface area contributed by atoms with E-state index in [2.05, 4.69) is 39.8 Å². The van der Waals surface area contributed by atoms with E-state index < -0.39 is 0 Å². The highest BCUT2D eigenvalue weighted by Gasteiger charge is 2.06. The Morgan fingerprint density at radius 1 is 1.26 bits per heavy atom. The molecule has 0 aliphatic rings. The molecule has 0 radical (unpaired) electrons. The maximum atomic E-state index is 5.73. The van der Waals surface area contributed by atoms with Crippen LogP contribution in [0, 0.1) is 0 Å². The van der Waals surface area contributed by atoms with Crippen LogP contribution in [-0.4, -0.2) is 38.3 Å². The predicted octanol–water partition coefficient (Wildman–Crippen LogP) is 4.03. The number of thiazole rings is 1. The molecule has 1 aromatic carbocycles. The van der Waals surface area contributed by atoms with E-state index in [1.54, 1.807) is 25.5 Å². The number of hydrogen-bond acceptors (Lipinski definition) is 5. The van der Waals surface area contributed by atoms with Crippen molar-refractivity contribution < 1.29 is 9.47 Å². The zero-order chi connectivity index (χ0) is 18.8. The van der Waals surface area contributed by atoms with Gasteiger partial charge in [-0.2, -0.15) is 0 Å². The van der Waals surface area contributed by atoms with Gasteiger partial charge in [0.15, 0.2) is 5.96 Å². The van der Waals surface area contributed by atoms with Crippen molar-refractivity contribution in [2.75, 3.05) is 27.3 Å². The summed E-state index contributed by atoms with van der Waals surface area (Å²) in [6, 6.07) is 7.63. The van der Waals surface area contributed by atoms with E-state index >= 15 is 0 Å². The van der Waals surface area contributed by atoms with E-state index in [0.717, 1.165) is 41.1 Å². The summed E-state index contributed by atoms with van der Waals surface area (Å²) in [5.41, 5.74) is 1.14. The van der Waals surface area contributed by atoms with Gasteiger partial charge in [-0.25, -0.2) is 4.98 Å². The second-order valence-corrected chi connectivity index (χ2v) is 7.00. The van der Waals surface area contributed by atoms with Gasteiger partial charge in [-0.05, 0) is 24.5 Å². The fraction of sp³-hybridized carbons (Fsp3) is 0.474. The Morgan fingerprint density at radius 2 is 2.04 bits per heavy atom. The summed E-state index contributed by atoms with van der Waals surface area (Å²) in [6.07, 6.45) is 0.868. The van der Waals surface area contributed by atoms with Crippen LogP contribution in [0.3, 0.4) is 0 Å². The zero-order valence-electron chi connectivity index (χ0n) is 16.3. The van der Waals surface area contributed by atoms with Crippen molar-refractivity contribution in [1.29, 1.82) is 0 Å². The number of nitrogens with zero attached hydrogens (tertiary/aromatic N) is 2. The fourth-order valence-corrected chi connectivity index (χ4v) is 3.11. The number of methoxy groups -OCH3 is 1. The molecule has 8 heteroatoms. The monoisotopic (exact) mass is 504 g/mol. The van der Waals surface area contributed by atoms with Gasteiger partial charge in [-0.3, -0.25) is 4.99 Å². The molecule has 0 saturated heterocycles. The number of rotatable bonds is 9. The van der Waals surface area contributed by atoms with Crippen molar-refractivity contribution in [3.63, 3.8) is 0 Å². The van der Waals surface area contributed by atoms with Crippen LogP contribution in [0.2, 0.25) is 0 Å². The third-order valence-electron chi connectivity index (χ3n) is 3.72. The SMILES string of the molecule is CN=C(NCCCOc1cccc(OC)c1)NCc1nc(C(C)C)cs1.I. The number of halogens is 1. The van der Waals surface area contributed by atoms with E-state index in [1.165, 1.54) is 0 Å². The summed E-state index contributed by atoms with van der Waals surface area (Å²) < 4.78 is 10.9. The third-order valence-corrected chi connectivity index (χ3v) is 4.58. The first-order chi connectivity index (χ1) is 12.6. The molecule has 0 unspecified atom stereocenters. The molecule has 2 rings (SSSR count). The highest BCUT2D eigenvalue weighted by atomic mass is 127. The van der Waals surface area contributed by atoms with E-state index in [1.807, 2.05) is 24.3 Å². The lowest BCUT2D eigenvalue weighted by atomic mass is 10.2. The molecule has 2 aromatic rings. The molecule has 150 valence electrons. The number of nitrogens with one attached hydrogen (secondary N) is 2. The summed E-state index contributed by atoms with van der Waals surface area (Å²) in [5.74, 6) is 2.85. The number of aromatic nitrogens is 1. The van der Waals surface area contributed by atoms with Gasteiger partial charge in [0.25, 0.3) is 0 Å². The van der Waals surface area contributed by atoms with Crippen LogP contribution >= 0.6 is 35.3 Å². The first-order valence-corrected chi connectivity index (χ1v) is 9.66. The Kier molecular flexibility index (Phi) is 11.1. The molecule has 0 atom stereocenters. The predicted molar refractivity (Wildman–Crippen MR) is 123 cm³/mol. The second kappa shape index (κ2) is 12.8. The summed E-state index contributed by atoms with van der Waals surface area (Å²) >= 11 is 1.68. The largest absolute Gasteiger partial charge is 0.497 e. The van der Waals surface area contributed by atoms with Crippen LogP contribution in [-0.2, 0) is 6.54 Å². The van der Waals surface area contributed by atoms with Crippen molar-refractivity contribution in [2.24, 2.45) is 4.99 Å². The molecule has 0 fully saturated rings. The standard InChI is InChI=1S/C19H28N4O2S.HI/c1-14(2)17-13-26-18(23-17)12-22-19(20-3)21-9-6-10-25-16-8-5-7-15(11-16)24-4;/h5,7-8,11,13-14H,6,9-10,12H2,1-4H3,(H2,20,21,22);1H. The number of guanidine groups is 1. The Hall–Kier alpha value is -1.55. The highest BCUT2D eigenvalue weighted by Crippen LogP contribution is 2.19. The van der Waals surface area contributed by atoms with Crippen molar-refractivity contribution in [2.45, 2.75) is 32.7 Å². The maximum Gasteiger partial charge on any atom is 0.191 e. The highest BCUT2D eigenvalue weighted by molar-refractivity contribution is 14.0. The number of ether oxygens (including phenoxy) is 2. The number of aliphatic imine (C=N–C) groups is 1. The van der Waals surface area contributed by atoms with E-state index in [9.17, 15) is 0 Å². The van der Waals surface area contributed by atoms with Crippen LogP contribution in [0.1, 0.15) is 36.9 Å². The van der Waals surface area contributed by atoms with Gasteiger partial charge >= 0.3 is 0 Å². The van der Waals surface area contributed by atoms with E-state index in [0.29, 0.717) is 19.1 Å². The molecular weight excluding hydrogens is 475 g/mol. The zero-order valence-corrected chi connectivity index (χ0v) is 19.5. The number of hydrogen-bond donors (Lipinski definition) is 2. The lowest BCUT2D eigenvalue weighted by molar-refractivity contribution is 0.308. The molecule has 0 bridgehead atoms. The number of benzene rings is 1. The minimum absolute atomic E-state index is 0. The Balaban J connectivity index is 0.00000364. The van der Waals surface area contributed by atoms with Crippen LogP contribution in [0.15, 0.2) is 34.6 Å². The molecule has 0 spiro atoms. The minimum atomic E-state index is 0. The van der Waals surface area contributed by atoms with Crippen LogP contribution in [0.25, 0.3) is 0 Å². The minimum Gasteiger partial charge on any atom is -0.497 e. The Bertz CT molecular complexity index is 707. The molecule has 27 heavy (non-hydrogen) atoms. The lowest BCUT2D eigenvalue weighted by Gasteiger charge is -2.11. The van der Waals surface area contributed by atoms with E-state index in [4.69, 9.17) is 9.47 Å². The van der Waals surface area contributed by atoms with E-state index in [-0.39, 0.29) is 24.0 Å². The molecular formula is C19H29IN4O2S. The molecule has 0 aliphatic heterocycles. The third kappa shape index (κ3) is 8.34. The van der Waals surface area contributed by atoms with Crippen LogP contribution in [0.4, 0.5) is 0 Å². The summed E-state index contributed by atoms with van der Waals surface area (Å²) in [4.78, 5) is 8.85. The molecule has 0 saturated carbocycles. The van der Waals surface area contributed by atoms with Gasteiger partial charge in [-0.15, -0.1) is 35.3 Å². The van der Waals surface area contributed by atoms with Crippen LogP contribution < -0.4 is 20.1 Å². The maximum absolute atomic E-state index is 5.73. The normalized spacial score (nSPS) is 11.1. The molecule has 2 N–H and O–H groups in total. The smallest absolute Gasteiger partial charge is 0.191 e. The average Bonchev–Trinajstić information content (AvgIpc) is 3.13. The van der Waals surface area contributed by atoms with Gasteiger partial charge in [0, 0.05) is 25.0 Å². The fourth-order valence-electron chi connectivity index (χ4n) is 2.21.